The monoisotopic (exact) mass is 458 g/mol. The van der Waals surface area contributed by atoms with Crippen LogP contribution in [0.25, 0.3) is 16.7 Å². The first kappa shape index (κ1) is 21.6. The molecule has 3 aliphatic rings. The number of ether oxygens (including phenoxy) is 1. The van der Waals surface area contributed by atoms with E-state index in [-0.39, 0.29) is 18.3 Å². The van der Waals surface area contributed by atoms with Crippen molar-refractivity contribution in [3.05, 3.63) is 41.3 Å². The molecule has 3 saturated heterocycles. The third-order valence-electron chi connectivity index (χ3n) is 6.99. The molecule has 5 heterocycles. The smallest absolute Gasteiger partial charge is 0.159 e. The summed E-state index contributed by atoms with van der Waals surface area (Å²) in [4.78, 5) is 11.7. The van der Waals surface area contributed by atoms with Crippen LogP contribution in [-0.2, 0) is 4.74 Å². The van der Waals surface area contributed by atoms with E-state index >= 15 is 0 Å². The number of fused-ring (bicyclic) bond motifs is 3. The van der Waals surface area contributed by atoms with E-state index in [1.807, 2.05) is 23.9 Å². The number of hydrogen-bond acceptors (Lipinski definition) is 6. The van der Waals surface area contributed by atoms with Gasteiger partial charge in [-0.05, 0) is 56.5 Å². The average Bonchev–Trinajstić information content (AvgIpc) is 3.49. The molecule has 3 aromatic rings. The molecule has 3 aliphatic heterocycles. The number of nitrogens with one attached hydrogen (secondary N) is 1. The Morgan fingerprint density at radius 1 is 1.16 bits per heavy atom. The number of piperidine rings is 1. The molecule has 0 saturated carbocycles. The Kier molecular flexibility index (Phi) is 5.55. The zero-order valence-corrected chi connectivity index (χ0v) is 19.1. The SMILES string of the molecule is Cc1nc(N2C[C@H]3C[C@@H]2CO3)cc(-n2ncc3cc(C)c([C@H]4CCNC[C@H]4F)cc32)n1.Cl. The number of alkyl halides is 1. The summed E-state index contributed by atoms with van der Waals surface area (Å²) in [6, 6.07) is 6.64. The summed E-state index contributed by atoms with van der Waals surface area (Å²) >= 11 is 0. The molecule has 32 heavy (non-hydrogen) atoms. The van der Waals surface area contributed by atoms with E-state index in [1.54, 1.807) is 0 Å². The molecule has 7 nitrogen and oxygen atoms in total. The number of nitrogens with zero attached hydrogens (tertiary/aromatic N) is 5. The molecule has 1 aromatic carbocycles. The summed E-state index contributed by atoms with van der Waals surface area (Å²) in [5.74, 6) is 2.31. The topological polar surface area (TPSA) is 68.1 Å². The number of hydrogen-bond donors (Lipinski definition) is 1. The molecule has 9 heteroatoms. The lowest BCUT2D eigenvalue weighted by Gasteiger charge is -2.28. The summed E-state index contributed by atoms with van der Waals surface area (Å²) in [6.45, 7) is 6.88. The van der Waals surface area contributed by atoms with Gasteiger partial charge >= 0.3 is 0 Å². The van der Waals surface area contributed by atoms with Gasteiger partial charge in [-0.3, -0.25) is 0 Å². The van der Waals surface area contributed by atoms with Crippen molar-refractivity contribution in [2.24, 2.45) is 0 Å². The third-order valence-corrected chi connectivity index (χ3v) is 6.99. The van der Waals surface area contributed by atoms with Gasteiger partial charge in [0.25, 0.3) is 0 Å². The number of aryl methyl sites for hydroxylation is 2. The van der Waals surface area contributed by atoms with Crippen molar-refractivity contribution in [1.29, 1.82) is 0 Å². The maximum atomic E-state index is 14.7. The molecule has 0 amide bonds. The lowest BCUT2D eigenvalue weighted by Crippen LogP contribution is -2.37. The first-order valence-electron chi connectivity index (χ1n) is 11.1. The predicted molar refractivity (Wildman–Crippen MR) is 124 cm³/mol. The highest BCUT2D eigenvalue weighted by atomic mass is 35.5. The molecule has 0 aliphatic carbocycles. The number of aromatic nitrogens is 4. The van der Waals surface area contributed by atoms with E-state index in [1.165, 1.54) is 0 Å². The molecule has 4 atom stereocenters. The van der Waals surface area contributed by atoms with Gasteiger partial charge < -0.3 is 15.0 Å². The zero-order chi connectivity index (χ0) is 21.1. The summed E-state index contributed by atoms with van der Waals surface area (Å²) in [7, 11) is 0. The standard InChI is InChI=1S/C23H27FN6O.ClH/c1-13-5-15-9-26-30(21(15)7-19(13)18-3-4-25-10-20(18)24)23-8-22(27-14(2)28-23)29-11-17-6-16(29)12-31-17;/h5,7-9,16-18,20,25H,3-4,6,10-12H2,1-2H3;1H/t16-,17-,18-,20-;/m1./s1. The van der Waals surface area contributed by atoms with Crippen LogP contribution in [0.2, 0.25) is 0 Å². The fraction of sp³-hybridized carbons (Fsp3) is 0.522. The third kappa shape index (κ3) is 3.54. The van der Waals surface area contributed by atoms with E-state index < -0.39 is 6.17 Å². The van der Waals surface area contributed by atoms with Crippen LogP contribution in [0, 0.1) is 13.8 Å². The van der Waals surface area contributed by atoms with Crippen molar-refractivity contribution in [3.63, 3.8) is 0 Å². The second kappa shape index (κ2) is 8.24. The fourth-order valence-electron chi connectivity index (χ4n) is 5.43. The lowest BCUT2D eigenvalue weighted by molar-refractivity contribution is 0.0988. The van der Waals surface area contributed by atoms with Crippen LogP contribution < -0.4 is 10.2 Å². The summed E-state index contributed by atoms with van der Waals surface area (Å²) in [5, 5.41) is 8.84. The Morgan fingerprint density at radius 2 is 2.00 bits per heavy atom. The number of rotatable bonds is 3. The van der Waals surface area contributed by atoms with Crippen LogP contribution in [0.1, 0.15) is 35.7 Å². The van der Waals surface area contributed by atoms with Crippen molar-refractivity contribution in [1.82, 2.24) is 25.1 Å². The molecular formula is C23H28ClFN6O. The van der Waals surface area contributed by atoms with Gasteiger partial charge in [0.05, 0.1) is 30.5 Å². The van der Waals surface area contributed by atoms with Gasteiger partial charge in [-0.25, -0.2) is 19.0 Å². The minimum atomic E-state index is -0.873. The Labute approximate surface area is 192 Å². The molecular weight excluding hydrogens is 431 g/mol. The maximum absolute atomic E-state index is 14.7. The Hall–Kier alpha value is -2.29. The molecule has 0 radical (unpaired) electrons. The molecule has 2 aromatic heterocycles. The van der Waals surface area contributed by atoms with Crippen LogP contribution in [-0.4, -0.2) is 64.3 Å². The molecule has 3 fully saturated rings. The normalized spacial score (nSPS) is 27.2. The number of benzene rings is 1. The first-order valence-corrected chi connectivity index (χ1v) is 11.1. The number of anilines is 1. The van der Waals surface area contributed by atoms with Crippen LogP contribution in [0.5, 0.6) is 0 Å². The largest absolute Gasteiger partial charge is 0.374 e. The fourth-order valence-corrected chi connectivity index (χ4v) is 5.43. The van der Waals surface area contributed by atoms with Gasteiger partial charge in [-0.1, -0.05) is 0 Å². The van der Waals surface area contributed by atoms with Gasteiger partial charge in [0.15, 0.2) is 5.82 Å². The minimum absolute atomic E-state index is 0. The molecule has 0 unspecified atom stereocenters. The molecule has 2 bridgehead atoms. The van der Waals surface area contributed by atoms with E-state index in [9.17, 15) is 4.39 Å². The Balaban J connectivity index is 0.00000216. The van der Waals surface area contributed by atoms with Crippen LogP contribution in [0.15, 0.2) is 24.4 Å². The van der Waals surface area contributed by atoms with Gasteiger partial charge in [0, 0.05) is 30.5 Å². The Morgan fingerprint density at radius 3 is 2.75 bits per heavy atom. The zero-order valence-electron chi connectivity index (χ0n) is 18.3. The van der Waals surface area contributed by atoms with E-state index in [2.05, 4.69) is 39.4 Å². The summed E-state index contributed by atoms with van der Waals surface area (Å²) in [6.07, 6.45) is 3.16. The van der Waals surface area contributed by atoms with E-state index in [4.69, 9.17) is 9.72 Å². The predicted octanol–water partition coefficient (Wildman–Crippen LogP) is 3.25. The second-order valence-corrected chi connectivity index (χ2v) is 9.07. The Bertz CT molecular complexity index is 1150. The highest BCUT2D eigenvalue weighted by molar-refractivity contribution is 5.85. The quantitative estimate of drug-likeness (QED) is 0.649. The van der Waals surface area contributed by atoms with E-state index in [0.717, 1.165) is 66.2 Å². The number of halogens is 2. The van der Waals surface area contributed by atoms with Gasteiger partial charge in [0.2, 0.25) is 0 Å². The molecule has 6 rings (SSSR count). The van der Waals surface area contributed by atoms with Crippen LogP contribution in [0.3, 0.4) is 0 Å². The van der Waals surface area contributed by atoms with Gasteiger partial charge in [0.1, 0.15) is 17.8 Å². The first-order chi connectivity index (χ1) is 15.1. The number of morpholine rings is 1. The van der Waals surface area contributed by atoms with Crippen molar-refractivity contribution >= 4 is 29.1 Å². The minimum Gasteiger partial charge on any atom is -0.374 e. The second-order valence-electron chi connectivity index (χ2n) is 9.07. The van der Waals surface area contributed by atoms with Crippen molar-refractivity contribution in [2.45, 2.75) is 50.9 Å². The van der Waals surface area contributed by atoms with Crippen molar-refractivity contribution in [2.75, 3.05) is 31.1 Å². The van der Waals surface area contributed by atoms with Crippen molar-refractivity contribution < 1.29 is 9.13 Å². The molecule has 1 N–H and O–H groups in total. The van der Waals surface area contributed by atoms with Gasteiger partial charge in [-0.15, -0.1) is 12.4 Å². The average molecular weight is 459 g/mol. The molecule has 170 valence electrons. The van der Waals surface area contributed by atoms with Crippen molar-refractivity contribution in [3.8, 4) is 5.82 Å². The van der Waals surface area contributed by atoms with Gasteiger partial charge in [-0.2, -0.15) is 5.10 Å². The highest BCUT2D eigenvalue weighted by Gasteiger charge is 2.40. The summed E-state index contributed by atoms with van der Waals surface area (Å²) < 4.78 is 22.3. The van der Waals surface area contributed by atoms with E-state index in [0.29, 0.717) is 24.5 Å². The maximum Gasteiger partial charge on any atom is 0.159 e. The molecule has 0 spiro atoms. The highest BCUT2D eigenvalue weighted by Crippen LogP contribution is 2.35. The summed E-state index contributed by atoms with van der Waals surface area (Å²) in [5.41, 5.74) is 3.15. The lowest BCUT2D eigenvalue weighted by atomic mass is 9.85. The van der Waals surface area contributed by atoms with Crippen LogP contribution >= 0.6 is 12.4 Å². The van der Waals surface area contributed by atoms with Crippen LogP contribution in [0.4, 0.5) is 10.2 Å².